The highest BCUT2D eigenvalue weighted by atomic mass is 19.1. The number of rotatable bonds is 4. The van der Waals surface area contributed by atoms with Crippen molar-refractivity contribution in [1.82, 2.24) is 0 Å². The van der Waals surface area contributed by atoms with Crippen molar-refractivity contribution in [3.8, 4) is 11.8 Å². The van der Waals surface area contributed by atoms with Gasteiger partial charge in [-0.15, -0.1) is 0 Å². The van der Waals surface area contributed by atoms with Gasteiger partial charge in [0.05, 0.1) is 5.56 Å². The van der Waals surface area contributed by atoms with Crippen LogP contribution >= 0.6 is 0 Å². The van der Waals surface area contributed by atoms with Crippen LogP contribution in [0.25, 0.3) is 0 Å². The fourth-order valence-corrected chi connectivity index (χ4v) is 1.92. The van der Waals surface area contributed by atoms with Gasteiger partial charge in [0.15, 0.2) is 0 Å². The van der Waals surface area contributed by atoms with Crippen molar-refractivity contribution in [3.05, 3.63) is 64.7 Å². The second-order valence-electron chi connectivity index (χ2n) is 4.69. The molecule has 0 aliphatic carbocycles. The SMILES string of the molecule is C[C@@H](N)c1ccc(F)cc1OCc1ccc(F)c(C#N)c1. The Balaban J connectivity index is 2.20. The molecule has 3 nitrogen and oxygen atoms in total. The van der Waals surface area contributed by atoms with Gasteiger partial charge < -0.3 is 10.5 Å². The maximum absolute atomic E-state index is 13.3. The summed E-state index contributed by atoms with van der Waals surface area (Å²) in [5.41, 5.74) is 7.05. The zero-order valence-corrected chi connectivity index (χ0v) is 11.4. The third-order valence-electron chi connectivity index (χ3n) is 3.01. The van der Waals surface area contributed by atoms with Gasteiger partial charge in [-0.05, 0) is 30.7 Å². The van der Waals surface area contributed by atoms with Crippen molar-refractivity contribution in [3.63, 3.8) is 0 Å². The van der Waals surface area contributed by atoms with E-state index in [1.165, 1.54) is 30.3 Å². The van der Waals surface area contributed by atoms with Crippen LogP contribution in [0.5, 0.6) is 5.75 Å². The Bertz CT molecular complexity index is 693. The number of hydrogen-bond acceptors (Lipinski definition) is 3. The van der Waals surface area contributed by atoms with E-state index in [2.05, 4.69) is 0 Å². The number of benzene rings is 2. The molecule has 0 heterocycles. The smallest absolute Gasteiger partial charge is 0.140 e. The molecule has 0 saturated heterocycles. The molecule has 21 heavy (non-hydrogen) atoms. The molecular formula is C16H14F2N2O. The van der Waals surface area contributed by atoms with E-state index in [4.69, 9.17) is 15.7 Å². The highest BCUT2D eigenvalue weighted by molar-refractivity contribution is 5.37. The summed E-state index contributed by atoms with van der Waals surface area (Å²) in [6.45, 7) is 1.86. The van der Waals surface area contributed by atoms with Crippen molar-refractivity contribution in [2.24, 2.45) is 5.73 Å². The standard InChI is InChI=1S/C16H14F2N2O/c1-10(20)14-4-3-13(17)7-16(14)21-9-11-2-5-15(18)12(6-11)8-19/h2-7,10H,9,20H2,1H3/t10-/m1/s1. The van der Waals surface area contributed by atoms with Crippen LogP contribution in [-0.2, 0) is 6.61 Å². The van der Waals surface area contributed by atoms with Crippen LogP contribution in [0.2, 0.25) is 0 Å². The van der Waals surface area contributed by atoms with Crippen molar-refractivity contribution in [1.29, 1.82) is 5.26 Å². The average molecular weight is 288 g/mol. The van der Waals surface area contributed by atoms with Gasteiger partial charge in [0.1, 0.15) is 30.1 Å². The quantitative estimate of drug-likeness (QED) is 0.937. The molecule has 2 N–H and O–H groups in total. The van der Waals surface area contributed by atoms with Gasteiger partial charge in [0.2, 0.25) is 0 Å². The van der Waals surface area contributed by atoms with Crippen LogP contribution in [0, 0.1) is 23.0 Å². The molecule has 2 aromatic rings. The molecule has 2 rings (SSSR count). The Labute approximate surface area is 121 Å². The Morgan fingerprint density at radius 2 is 2.00 bits per heavy atom. The summed E-state index contributed by atoms with van der Waals surface area (Å²) in [5.74, 6) is -0.665. The minimum atomic E-state index is -0.580. The topological polar surface area (TPSA) is 59.0 Å². The van der Waals surface area contributed by atoms with Gasteiger partial charge >= 0.3 is 0 Å². The molecule has 0 radical (unpaired) electrons. The summed E-state index contributed by atoms with van der Waals surface area (Å²) < 4.78 is 32.1. The highest BCUT2D eigenvalue weighted by Gasteiger charge is 2.10. The van der Waals surface area contributed by atoms with Crippen molar-refractivity contribution >= 4 is 0 Å². The molecule has 0 saturated carbocycles. The van der Waals surface area contributed by atoms with Crippen molar-refractivity contribution < 1.29 is 13.5 Å². The molecule has 1 atom stereocenters. The summed E-state index contributed by atoms with van der Waals surface area (Å²) in [7, 11) is 0. The summed E-state index contributed by atoms with van der Waals surface area (Å²) in [4.78, 5) is 0. The van der Waals surface area contributed by atoms with E-state index in [0.29, 0.717) is 16.9 Å². The maximum Gasteiger partial charge on any atom is 0.140 e. The number of nitrogens with zero attached hydrogens (tertiary/aromatic N) is 1. The molecule has 0 unspecified atom stereocenters. The van der Waals surface area contributed by atoms with E-state index in [1.807, 2.05) is 0 Å². The zero-order valence-electron chi connectivity index (χ0n) is 11.4. The number of halogens is 2. The van der Waals surface area contributed by atoms with E-state index in [0.717, 1.165) is 0 Å². The molecule has 2 aromatic carbocycles. The van der Waals surface area contributed by atoms with Crippen LogP contribution in [0.15, 0.2) is 36.4 Å². The summed E-state index contributed by atoms with van der Waals surface area (Å²) in [5, 5.41) is 8.78. The number of nitrogens with two attached hydrogens (primary N) is 1. The monoisotopic (exact) mass is 288 g/mol. The van der Waals surface area contributed by atoms with Crippen LogP contribution in [-0.4, -0.2) is 0 Å². The van der Waals surface area contributed by atoms with Gasteiger partial charge in [-0.1, -0.05) is 12.1 Å². The van der Waals surface area contributed by atoms with Crippen molar-refractivity contribution in [2.45, 2.75) is 19.6 Å². The summed E-state index contributed by atoms with van der Waals surface area (Å²) >= 11 is 0. The van der Waals surface area contributed by atoms with Crippen LogP contribution in [0.3, 0.4) is 0 Å². The normalized spacial score (nSPS) is 11.8. The molecule has 0 amide bonds. The molecule has 0 aromatic heterocycles. The predicted octanol–water partition coefficient (Wildman–Crippen LogP) is 3.44. The van der Waals surface area contributed by atoms with Crippen LogP contribution in [0.4, 0.5) is 8.78 Å². The third-order valence-corrected chi connectivity index (χ3v) is 3.01. The van der Waals surface area contributed by atoms with E-state index < -0.39 is 11.6 Å². The number of hydrogen-bond donors (Lipinski definition) is 1. The molecule has 0 aliphatic heterocycles. The lowest BCUT2D eigenvalue weighted by atomic mass is 10.1. The van der Waals surface area contributed by atoms with E-state index in [9.17, 15) is 8.78 Å². The lowest BCUT2D eigenvalue weighted by molar-refractivity contribution is 0.299. The molecule has 0 spiro atoms. The molecule has 5 heteroatoms. The molecule has 0 bridgehead atoms. The van der Waals surface area contributed by atoms with E-state index in [-0.39, 0.29) is 18.2 Å². The number of ether oxygens (including phenoxy) is 1. The molecular weight excluding hydrogens is 274 g/mol. The fraction of sp³-hybridized carbons (Fsp3) is 0.188. The first kappa shape index (κ1) is 14.9. The molecule has 0 fully saturated rings. The highest BCUT2D eigenvalue weighted by Crippen LogP contribution is 2.25. The Morgan fingerprint density at radius 3 is 2.67 bits per heavy atom. The van der Waals surface area contributed by atoms with Gasteiger partial charge in [0.25, 0.3) is 0 Å². The third kappa shape index (κ3) is 3.56. The van der Waals surface area contributed by atoms with Crippen molar-refractivity contribution in [2.75, 3.05) is 0 Å². The fourth-order valence-electron chi connectivity index (χ4n) is 1.92. The molecule has 0 aliphatic rings. The maximum atomic E-state index is 13.3. The van der Waals surface area contributed by atoms with Crippen LogP contribution < -0.4 is 10.5 Å². The lowest BCUT2D eigenvalue weighted by Crippen LogP contribution is -2.08. The first-order valence-corrected chi connectivity index (χ1v) is 6.37. The largest absolute Gasteiger partial charge is 0.488 e. The minimum absolute atomic E-state index is 0.0530. The van der Waals surface area contributed by atoms with Crippen LogP contribution in [0.1, 0.15) is 29.7 Å². The average Bonchev–Trinajstić information content (AvgIpc) is 2.46. The Kier molecular flexibility index (Phi) is 4.51. The zero-order chi connectivity index (χ0) is 15.4. The van der Waals surface area contributed by atoms with Gasteiger partial charge in [-0.3, -0.25) is 0 Å². The number of nitriles is 1. The second kappa shape index (κ2) is 6.33. The first-order chi connectivity index (χ1) is 10.0. The summed E-state index contributed by atoms with van der Waals surface area (Å²) in [6, 6.07) is 9.73. The van der Waals surface area contributed by atoms with E-state index >= 15 is 0 Å². The molecule has 108 valence electrons. The Morgan fingerprint density at radius 1 is 1.24 bits per heavy atom. The van der Waals surface area contributed by atoms with E-state index in [1.54, 1.807) is 19.1 Å². The Hall–Kier alpha value is -2.45. The van der Waals surface area contributed by atoms with Gasteiger partial charge in [0, 0.05) is 17.7 Å². The first-order valence-electron chi connectivity index (χ1n) is 6.37. The second-order valence-corrected chi connectivity index (χ2v) is 4.69. The lowest BCUT2D eigenvalue weighted by Gasteiger charge is -2.14. The summed E-state index contributed by atoms with van der Waals surface area (Å²) in [6.07, 6.45) is 0. The van der Waals surface area contributed by atoms with Gasteiger partial charge in [-0.2, -0.15) is 5.26 Å². The minimum Gasteiger partial charge on any atom is -0.488 e. The predicted molar refractivity (Wildman–Crippen MR) is 74.4 cm³/mol. The van der Waals surface area contributed by atoms with Gasteiger partial charge in [-0.25, -0.2) is 8.78 Å².